The Balaban J connectivity index is 2.04. The van der Waals surface area contributed by atoms with E-state index in [1.54, 1.807) is 17.5 Å². The molecule has 0 saturated heterocycles. The van der Waals surface area contributed by atoms with Gasteiger partial charge in [-0.3, -0.25) is 15.5 Å². The minimum absolute atomic E-state index is 0.0254. The molecule has 0 aliphatic carbocycles. The Bertz CT molecular complexity index is 595. The predicted molar refractivity (Wildman–Crippen MR) is 70.8 cm³/mol. The highest BCUT2D eigenvalue weighted by molar-refractivity contribution is 7.14. The minimum Gasteiger partial charge on any atom is -0.383 e. The van der Waals surface area contributed by atoms with Crippen molar-refractivity contribution in [3.63, 3.8) is 0 Å². The van der Waals surface area contributed by atoms with Gasteiger partial charge in [0.2, 0.25) is 5.13 Å². The highest BCUT2D eigenvalue weighted by Gasteiger charge is 2.03. The first-order valence-electron chi connectivity index (χ1n) is 4.89. The number of benzene rings is 1. The zero-order valence-corrected chi connectivity index (χ0v) is 9.92. The van der Waals surface area contributed by atoms with Crippen LogP contribution in [0.15, 0.2) is 34.7 Å². The second kappa shape index (κ2) is 5.23. The molecule has 0 aliphatic rings. The molecule has 0 aliphatic heterocycles. The Hall–Kier alpha value is -2.48. The average Bonchev–Trinajstić information content (AvgIpc) is 2.75. The van der Waals surface area contributed by atoms with Crippen LogP contribution >= 0.6 is 11.3 Å². The number of hydrazone groups is 1. The molecule has 18 heavy (non-hydrogen) atoms. The molecule has 0 fully saturated rings. The van der Waals surface area contributed by atoms with Gasteiger partial charge in [0.1, 0.15) is 5.82 Å². The van der Waals surface area contributed by atoms with Gasteiger partial charge in [0, 0.05) is 23.1 Å². The van der Waals surface area contributed by atoms with Crippen LogP contribution in [-0.2, 0) is 0 Å². The maximum absolute atomic E-state index is 10.6. The Morgan fingerprint density at radius 2 is 2.39 bits per heavy atom. The molecule has 0 bridgehead atoms. The molecule has 2 rings (SSSR count). The van der Waals surface area contributed by atoms with E-state index in [-0.39, 0.29) is 5.69 Å². The largest absolute Gasteiger partial charge is 0.383 e. The Kier molecular flexibility index (Phi) is 3.49. The smallest absolute Gasteiger partial charge is 0.270 e. The summed E-state index contributed by atoms with van der Waals surface area (Å²) >= 11 is 1.32. The number of thiazole rings is 1. The van der Waals surface area contributed by atoms with E-state index in [9.17, 15) is 10.1 Å². The lowest BCUT2D eigenvalue weighted by Crippen LogP contribution is -1.92. The fourth-order valence-corrected chi connectivity index (χ4v) is 1.77. The van der Waals surface area contributed by atoms with Gasteiger partial charge in [0.25, 0.3) is 5.69 Å². The average molecular weight is 263 g/mol. The summed E-state index contributed by atoms with van der Waals surface area (Å²) in [4.78, 5) is 14.1. The van der Waals surface area contributed by atoms with Crippen molar-refractivity contribution >= 4 is 34.2 Å². The van der Waals surface area contributed by atoms with Gasteiger partial charge >= 0.3 is 0 Å². The predicted octanol–water partition coefficient (Wildman–Crippen LogP) is 2.08. The third-order valence-corrected chi connectivity index (χ3v) is 2.74. The first kappa shape index (κ1) is 12.0. The van der Waals surface area contributed by atoms with E-state index in [0.29, 0.717) is 16.5 Å². The lowest BCUT2D eigenvalue weighted by Gasteiger charge is -1.95. The summed E-state index contributed by atoms with van der Waals surface area (Å²) in [5, 5.41) is 16.7. The van der Waals surface area contributed by atoms with Gasteiger partial charge in [-0.1, -0.05) is 12.1 Å². The van der Waals surface area contributed by atoms with Crippen molar-refractivity contribution in [2.24, 2.45) is 5.10 Å². The van der Waals surface area contributed by atoms with Crippen molar-refractivity contribution in [2.45, 2.75) is 0 Å². The lowest BCUT2D eigenvalue weighted by atomic mass is 10.2. The molecule has 2 aromatic rings. The van der Waals surface area contributed by atoms with Crippen LogP contribution in [0.4, 0.5) is 16.6 Å². The molecule has 3 N–H and O–H groups in total. The summed E-state index contributed by atoms with van der Waals surface area (Å²) in [6.07, 6.45) is 1.48. The van der Waals surface area contributed by atoms with Crippen LogP contribution in [0.3, 0.4) is 0 Å². The number of nitrogens with two attached hydrogens (primary N) is 1. The van der Waals surface area contributed by atoms with Crippen molar-refractivity contribution in [3.8, 4) is 0 Å². The molecule has 7 nitrogen and oxygen atoms in total. The Morgan fingerprint density at radius 3 is 3.06 bits per heavy atom. The van der Waals surface area contributed by atoms with E-state index >= 15 is 0 Å². The van der Waals surface area contributed by atoms with Crippen LogP contribution in [-0.4, -0.2) is 16.1 Å². The second-order valence-corrected chi connectivity index (χ2v) is 4.16. The van der Waals surface area contributed by atoms with E-state index in [1.807, 2.05) is 0 Å². The number of nitrogens with zero attached hydrogens (tertiary/aromatic N) is 3. The number of nitrogens with one attached hydrogen (secondary N) is 1. The number of non-ortho nitro benzene ring substituents is 1. The molecular formula is C10H9N5O2S. The van der Waals surface area contributed by atoms with Crippen LogP contribution < -0.4 is 11.2 Å². The normalized spacial score (nSPS) is 10.7. The molecule has 0 radical (unpaired) electrons. The number of anilines is 2. The van der Waals surface area contributed by atoms with Crippen LogP contribution in [0, 0.1) is 10.1 Å². The zero-order valence-electron chi connectivity index (χ0n) is 9.11. The maximum Gasteiger partial charge on any atom is 0.270 e. The maximum atomic E-state index is 10.6. The van der Waals surface area contributed by atoms with Gasteiger partial charge in [-0.2, -0.15) is 5.10 Å². The highest BCUT2D eigenvalue weighted by atomic mass is 32.1. The lowest BCUT2D eigenvalue weighted by molar-refractivity contribution is -0.384. The quantitative estimate of drug-likeness (QED) is 0.499. The SMILES string of the molecule is Nc1csc(NN=Cc2cccc([N+](=O)[O-])c2)n1. The molecule has 8 heteroatoms. The number of rotatable bonds is 4. The molecule has 92 valence electrons. The Labute approximate surface area is 106 Å². The van der Waals surface area contributed by atoms with Crippen molar-refractivity contribution in [1.29, 1.82) is 0 Å². The van der Waals surface area contributed by atoms with Crippen molar-refractivity contribution in [2.75, 3.05) is 11.2 Å². The molecular weight excluding hydrogens is 254 g/mol. The summed E-state index contributed by atoms with van der Waals surface area (Å²) in [5.74, 6) is 0.424. The molecule has 1 heterocycles. The van der Waals surface area contributed by atoms with Gasteiger partial charge in [0.05, 0.1) is 11.1 Å². The van der Waals surface area contributed by atoms with E-state index in [4.69, 9.17) is 5.73 Å². The second-order valence-electron chi connectivity index (χ2n) is 3.30. The third kappa shape index (κ3) is 3.01. The summed E-state index contributed by atoms with van der Waals surface area (Å²) < 4.78 is 0. The van der Waals surface area contributed by atoms with Crippen LogP contribution in [0.5, 0.6) is 0 Å². The van der Waals surface area contributed by atoms with Gasteiger partial charge < -0.3 is 5.73 Å². The minimum atomic E-state index is -0.452. The summed E-state index contributed by atoms with van der Waals surface area (Å²) in [6.45, 7) is 0. The Morgan fingerprint density at radius 1 is 1.56 bits per heavy atom. The number of nitro benzene ring substituents is 1. The summed E-state index contributed by atoms with van der Waals surface area (Å²) in [6, 6.07) is 6.17. The molecule has 1 aromatic carbocycles. The molecule has 0 amide bonds. The van der Waals surface area contributed by atoms with E-state index in [0.717, 1.165) is 0 Å². The third-order valence-electron chi connectivity index (χ3n) is 1.98. The topological polar surface area (TPSA) is 106 Å². The first-order chi connectivity index (χ1) is 8.65. The van der Waals surface area contributed by atoms with E-state index < -0.39 is 4.92 Å². The number of aromatic nitrogens is 1. The molecule has 0 unspecified atom stereocenters. The van der Waals surface area contributed by atoms with Gasteiger partial charge in [-0.15, -0.1) is 11.3 Å². The fraction of sp³-hybridized carbons (Fsp3) is 0. The first-order valence-corrected chi connectivity index (χ1v) is 5.77. The molecule has 0 atom stereocenters. The van der Waals surface area contributed by atoms with Crippen LogP contribution in [0.25, 0.3) is 0 Å². The van der Waals surface area contributed by atoms with Crippen LogP contribution in [0.1, 0.15) is 5.56 Å². The monoisotopic (exact) mass is 263 g/mol. The van der Waals surface area contributed by atoms with Gasteiger partial charge in [-0.25, -0.2) is 4.98 Å². The zero-order chi connectivity index (χ0) is 13.0. The van der Waals surface area contributed by atoms with Gasteiger partial charge in [0.15, 0.2) is 0 Å². The molecule has 0 spiro atoms. The number of nitrogen functional groups attached to an aromatic ring is 1. The number of hydrogen-bond donors (Lipinski definition) is 2. The standard InChI is InChI=1S/C10H9N5O2S/c11-9-6-18-10(13-9)14-12-5-7-2-1-3-8(4-7)15(16)17/h1-6H,11H2,(H,13,14). The summed E-state index contributed by atoms with van der Waals surface area (Å²) in [7, 11) is 0. The number of hydrogen-bond acceptors (Lipinski definition) is 7. The van der Waals surface area contributed by atoms with Gasteiger partial charge in [-0.05, 0) is 0 Å². The highest BCUT2D eigenvalue weighted by Crippen LogP contribution is 2.16. The number of nitro groups is 1. The summed E-state index contributed by atoms with van der Waals surface area (Å²) in [5.41, 5.74) is 8.79. The van der Waals surface area contributed by atoms with Crippen LogP contribution in [0.2, 0.25) is 0 Å². The fourth-order valence-electron chi connectivity index (χ4n) is 1.22. The van der Waals surface area contributed by atoms with Crippen molar-refractivity contribution in [1.82, 2.24) is 4.98 Å². The molecule has 1 aromatic heterocycles. The van der Waals surface area contributed by atoms with E-state index in [1.165, 1.54) is 29.7 Å². The van der Waals surface area contributed by atoms with E-state index in [2.05, 4.69) is 15.5 Å². The van der Waals surface area contributed by atoms with Crippen molar-refractivity contribution < 1.29 is 4.92 Å². The van der Waals surface area contributed by atoms with Crippen molar-refractivity contribution in [3.05, 3.63) is 45.3 Å². The molecule has 0 saturated carbocycles.